The van der Waals surface area contributed by atoms with Crippen molar-refractivity contribution < 1.29 is 5.11 Å². The highest BCUT2D eigenvalue weighted by molar-refractivity contribution is 9.10. The number of aliphatic hydroxyl groups is 1. The van der Waals surface area contributed by atoms with Crippen LogP contribution in [-0.2, 0) is 0 Å². The lowest BCUT2D eigenvalue weighted by Crippen LogP contribution is -1.92. The molecule has 1 unspecified atom stereocenters. The number of aliphatic hydroxyl groups excluding tert-OH is 1. The van der Waals surface area contributed by atoms with E-state index in [9.17, 15) is 5.11 Å². The van der Waals surface area contributed by atoms with Crippen molar-refractivity contribution >= 4 is 33.3 Å². The highest BCUT2D eigenvalue weighted by Crippen LogP contribution is 2.32. The highest BCUT2D eigenvalue weighted by Gasteiger charge is 2.10. The Morgan fingerprint density at radius 3 is 2.85 bits per heavy atom. The number of hydrogen-bond donors (Lipinski definition) is 1. The zero-order valence-corrected chi connectivity index (χ0v) is 13.1. The summed E-state index contributed by atoms with van der Waals surface area (Å²) in [6, 6.07) is 11.7. The largest absolute Gasteiger partial charge is 0.389 e. The van der Waals surface area contributed by atoms with Gasteiger partial charge in [0.15, 0.2) is 10.8 Å². The van der Waals surface area contributed by atoms with E-state index >= 15 is 0 Å². The number of benzene rings is 1. The minimum absolute atomic E-state index is 0.489. The fourth-order valence-electron chi connectivity index (χ4n) is 1.90. The third kappa shape index (κ3) is 2.59. The predicted molar refractivity (Wildman–Crippen MR) is 81.9 cm³/mol. The Bertz CT molecular complexity index is 757. The van der Waals surface area contributed by atoms with E-state index in [4.69, 9.17) is 0 Å². The number of pyridine rings is 1. The lowest BCUT2D eigenvalue weighted by atomic mass is 10.1. The molecular weight excluding hydrogens is 338 g/mol. The zero-order valence-electron chi connectivity index (χ0n) is 10.7. The van der Waals surface area contributed by atoms with Crippen LogP contribution in [0.2, 0.25) is 0 Å². The van der Waals surface area contributed by atoms with Crippen LogP contribution in [0.1, 0.15) is 18.6 Å². The summed E-state index contributed by atoms with van der Waals surface area (Å²) in [5.74, 6) is 0. The number of aromatic nitrogens is 3. The molecule has 0 aliphatic carbocycles. The first kappa shape index (κ1) is 13.6. The van der Waals surface area contributed by atoms with Crippen LogP contribution < -0.4 is 0 Å². The molecule has 3 aromatic rings. The van der Waals surface area contributed by atoms with Crippen LogP contribution in [0.15, 0.2) is 57.1 Å². The number of hydrogen-bond acceptors (Lipinski definition) is 4. The van der Waals surface area contributed by atoms with Crippen LogP contribution in [-0.4, -0.2) is 19.7 Å². The van der Waals surface area contributed by atoms with E-state index in [1.807, 2.05) is 47.0 Å². The number of fused-ring (bicyclic) bond motifs is 1. The van der Waals surface area contributed by atoms with Crippen LogP contribution >= 0.6 is 27.7 Å². The quantitative estimate of drug-likeness (QED) is 0.783. The van der Waals surface area contributed by atoms with E-state index < -0.39 is 6.10 Å². The molecule has 4 nitrogen and oxygen atoms in total. The Kier molecular flexibility index (Phi) is 3.78. The molecule has 1 atom stereocenters. The van der Waals surface area contributed by atoms with Gasteiger partial charge < -0.3 is 5.11 Å². The summed E-state index contributed by atoms with van der Waals surface area (Å²) in [4.78, 5) is 1.04. The molecule has 20 heavy (non-hydrogen) atoms. The molecule has 1 N–H and O–H groups in total. The first-order valence-electron chi connectivity index (χ1n) is 6.10. The molecule has 0 aliphatic heterocycles. The number of halogens is 1. The smallest absolute Gasteiger partial charge is 0.200 e. The molecule has 0 fully saturated rings. The molecule has 0 amide bonds. The maximum atomic E-state index is 9.63. The van der Waals surface area contributed by atoms with E-state index in [1.54, 1.807) is 6.92 Å². The molecule has 0 radical (unpaired) electrons. The maximum Gasteiger partial charge on any atom is 0.200 e. The van der Waals surface area contributed by atoms with Gasteiger partial charge in [-0.25, -0.2) is 0 Å². The summed E-state index contributed by atoms with van der Waals surface area (Å²) < 4.78 is 2.84. The van der Waals surface area contributed by atoms with Crippen LogP contribution in [0.3, 0.4) is 0 Å². The molecule has 0 aliphatic rings. The standard InChI is InChI=1S/C14H12BrN3OS/c1-9(19)11-6-5-10(8-12(11)15)20-14-17-16-13-4-2-3-7-18(13)14/h2-9,19H,1H3. The summed E-state index contributed by atoms with van der Waals surface area (Å²) in [6.45, 7) is 1.75. The van der Waals surface area contributed by atoms with Crippen LogP contribution in [0, 0.1) is 0 Å². The summed E-state index contributed by atoms with van der Waals surface area (Å²) in [6.07, 6.45) is 1.45. The minimum atomic E-state index is -0.489. The van der Waals surface area contributed by atoms with Gasteiger partial charge in [-0.3, -0.25) is 4.40 Å². The Morgan fingerprint density at radius 2 is 2.10 bits per heavy atom. The van der Waals surface area contributed by atoms with E-state index in [2.05, 4.69) is 26.1 Å². The van der Waals surface area contributed by atoms with Crippen molar-refractivity contribution in [2.45, 2.75) is 23.1 Å². The maximum absolute atomic E-state index is 9.63. The second kappa shape index (κ2) is 5.55. The van der Waals surface area contributed by atoms with E-state index in [0.717, 1.165) is 25.7 Å². The summed E-state index contributed by atoms with van der Waals surface area (Å²) in [5, 5.41) is 18.8. The van der Waals surface area contributed by atoms with Crippen molar-refractivity contribution in [1.29, 1.82) is 0 Å². The van der Waals surface area contributed by atoms with Gasteiger partial charge in [-0.15, -0.1) is 10.2 Å². The van der Waals surface area contributed by atoms with E-state index in [-0.39, 0.29) is 0 Å². The molecule has 0 saturated carbocycles. The van der Waals surface area contributed by atoms with E-state index in [1.165, 1.54) is 11.8 Å². The second-order valence-corrected chi connectivity index (χ2v) is 6.27. The summed E-state index contributed by atoms with van der Waals surface area (Å²) in [5.41, 5.74) is 1.70. The fourth-order valence-corrected chi connectivity index (χ4v) is 3.62. The van der Waals surface area contributed by atoms with Crippen molar-refractivity contribution in [2.24, 2.45) is 0 Å². The molecule has 0 saturated heterocycles. The van der Waals surface area contributed by atoms with Gasteiger partial charge >= 0.3 is 0 Å². The number of nitrogens with zero attached hydrogens (tertiary/aromatic N) is 3. The number of rotatable bonds is 3. The second-order valence-electron chi connectivity index (χ2n) is 4.37. The fraction of sp³-hybridized carbons (Fsp3) is 0.143. The van der Waals surface area contributed by atoms with Gasteiger partial charge in [0.25, 0.3) is 0 Å². The van der Waals surface area contributed by atoms with Crippen LogP contribution in [0.5, 0.6) is 0 Å². The molecule has 6 heteroatoms. The van der Waals surface area contributed by atoms with Gasteiger partial charge in [-0.05, 0) is 48.5 Å². The monoisotopic (exact) mass is 349 g/mol. The normalized spacial score (nSPS) is 12.8. The van der Waals surface area contributed by atoms with Gasteiger partial charge in [0.1, 0.15) is 0 Å². The third-order valence-electron chi connectivity index (χ3n) is 2.91. The molecule has 102 valence electrons. The lowest BCUT2D eigenvalue weighted by molar-refractivity contribution is 0.198. The van der Waals surface area contributed by atoms with Crippen molar-refractivity contribution in [3.8, 4) is 0 Å². The van der Waals surface area contributed by atoms with Gasteiger partial charge in [0, 0.05) is 15.6 Å². The predicted octanol–water partition coefficient (Wildman–Crippen LogP) is 3.70. The Morgan fingerprint density at radius 1 is 1.25 bits per heavy atom. The Balaban J connectivity index is 1.93. The SMILES string of the molecule is CC(O)c1ccc(Sc2nnc3ccccn23)cc1Br. The van der Waals surface area contributed by atoms with Gasteiger partial charge in [0.2, 0.25) is 0 Å². The van der Waals surface area contributed by atoms with Crippen molar-refractivity contribution in [1.82, 2.24) is 14.6 Å². The lowest BCUT2D eigenvalue weighted by Gasteiger charge is -2.08. The van der Waals surface area contributed by atoms with Crippen molar-refractivity contribution in [2.75, 3.05) is 0 Å². The molecule has 0 bridgehead atoms. The Labute approximate surface area is 129 Å². The highest BCUT2D eigenvalue weighted by atomic mass is 79.9. The average molecular weight is 350 g/mol. The van der Waals surface area contributed by atoms with E-state index in [0.29, 0.717) is 0 Å². The molecule has 1 aromatic carbocycles. The van der Waals surface area contributed by atoms with Gasteiger partial charge in [-0.1, -0.05) is 28.1 Å². The third-order valence-corrected chi connectivity index (χ3v) is 4.55. The summed E-state index contributed by atoms with van der Waals surface area (Å²) >= 11 is 5.02. The molecule has 3 rings (SSSR count). The molecule has 2 heterocycles. The molecule has 0 spiro atoms. The average Bonchev–Trinajstić information content (AvgIpc) is 2.82. The van der Waals surface area contributed by atoms with Crippen LogP contribution in [0.4, 0.5) is 0 Å². The van der Waals surface area contributed by atoms with Gasteiger partial charge in [-0.2, -0.15) is 0 Å². The zero-order chi connectivity index (χ0) is 14.1. The first-order chi connectivity index (χ1) is 9.65. The van der Waals surface area contributed by atoms with Gasteiger partial charge in [0.05, 0.1) is 6.10 Å². The minimum Gasteiger partial charge on any atom is -0.389 e. The van der Waals surface area contributed by atoms with Crippen molar-refractivity contribution in [3.63, 3.8) is 0 Å². The van der Waals surface area contributed by atoms with Crippen molar-refractivity contribution in [3.05, 3.63) is 52.6 Å². The Hall–Kier alpha value is -1.37. The summed E-state index contributed by atoms with van der Waals surface area (Å²) in [7, 11) is 0. The van der Waals surface area contributed by atoms with Crippen LogP contribution in [0.25, 0.3) is 5.65 Å². The molecule has 2 aromatic heterocycles. The molecular formula is C14H12BrN3OS. The first-order valence-corrected chi connectivity index (χ1v) is 7.71. The topological polar surface area (TPSA) is 50.4 Å².